The number of ether oxygens (including phenoxy) is 2. The van der Waals surface area contributed by atoms with Crippen LogP contribution < -0.4 is 20.1 Å². The van der Waals surface area contributed by atoms with Gasteiger partial charge in [0.1, 0.15) is 0 Å². The van der Waals surface area contributed by atoms with Gasteiger partial charge in [0.2, 0.25) is 0 Å². The monoisotopic (exact) mass is 510 g/mol. The Morgan fingerprint density at radius 3 is 2.16 bits per heavy atom. The normalized spacial score (nSPS) is 19.0. The second-order valence-corrected chi connectivity index (χ2v) is 11.1. The van der Waals surface area contributed by atoms with Crippen LogP contribution in [0.5, 0.6) is 11.5 Å². The molecule has 1 aliphatic carbocycles. The molecule has 5 heteroatoms. The second-order valence-electron chi connectivity index (χ2n) is 11.1. The fourth-order valence-corrected chi connectivity index (χ4v) is 5.48. The van der Waals surface area contributed by atoms with Crippen LogP contribution >= 0.6 is 0 Å². The highest BCUT2D eigenvalue weighted by molar-refractivity contribution is 6.01. The van der Waals surface area contributed by atoms with Crippen LogP contribution in [0.15, 0.2) is 78.0 Å². The number of rotatable bonds is 6. The van der Waals surface area contributed by atoms with Gasteiger partial charge < -0.3 is 20.1 Å². The van der Waals surface area contributed by atoms with Gasteiger partial charge in [0, 0.05) is 17.7 Å². The molecule has 3 aromatic carbocycles. The standard InChI is InChI=1S/C33H38N2O3/c1-6-37-29-17-14-22(20-30(29)38-7-2)32-31-27(34-25-10-8-9-11-26(25)35-32)18-23(19-28(31)36)21-12-15-24(16-13-21)33(3,4)5/h8-17,20,23,32,34-35H,6-7,18-19H2,1-5H3. The topological polar surface area (TPSA) is 59.6 Å². The molecule has 2 aliphatic rings. The lowest BCUT2D eigenvalue weighted by atomic mass is 9.77. The van der Waals surface area contributed by atoms with E-state index in [0.717, 1.165) is 34.6 Å². The Balaban J connectivity index is 1.55. The molecule has 0 saturated carbocycles. The molecule has 1 aliphatic heterocycles. The molecule has 0 saturated heterocycles. The Bertz CT molecular complexity index is 1350. The summed E-state index contributed by atoms with van der Waals surface area (Å²) in [6, 6.07) is 22.7. The van der Waals surface area contributed by atoms with Crippen LogP contribution in [0.2, 0.25) is 0 Å². The average molecular weight is 511 g/mol. The van der Waals surface area contributed by atoms with Crippen LogP contribution in [0.1, 0.15) is 76.1 Å². The largest absolute Gasteiger partial charge is 0.490 e. The SMILES string of the molecule is CCOc1ccc(C2Nc3ccccc3NC3=C2C(=O)CC(c2ccc(C(C)(C)C)cc2)C3)cc1OCC. The van der Waals surface area contributed by atoms with E-state index >= 15 is 0 Å². The number of hydrogen-bond acceptors (Lipinski definition) is 5. The van der Waals surface area contributed by atoms with E-state index in [0.29, 0.717) is 31.1 Å². The van der Waals surface area contributed by atoms with Crippen LogP contribution in [-0.4, -0.2) is 19.0 Å². The fourth-order valence-electron chi connectivity index (χ4n) is 5.48. The van der Waals surface area contributed by atoms with Gasteiger partial charge in [0.15, 0.2) is 17.3 Å². The van der Waals surface area contributed by atoms with Crippen molar-refractivity contribution in [1.82, 2.24) is 0 Å². The van der Waals surface area contributed by atoms with Crippen molar-refractivity contribution in [3.8, 4) is 11.5 Å². The zero-order valence-corrected chi connectivity index (χ0v) is 23.1. The summed E-state index contributed by atoms with van der Waals surface area (Å²) < 4.78 is 11.7. The van der Waals surface area contributed by atoms with Crippen molar-refractivity contribution in [2.45, 2.75) is 64.8 Å². The predicted octanol–water partition coefficient (Wildman–Crippen LogP) is 7.76. The summed E-state index contributed by atoms with van der Waals surface area (Å²) in [5, 5.41) is 7.31. The number of carbonyl (C=O) groups is 1. The van der Waals surface area contributed by atoms with Crippen molar-refractivity contribution < 1.29 is 14.3 Å². The summed E-state index contributed by atoms with van der Waals surface area (Å²) in [6.45, 7) is 11.7. The number of hydrogen-bond donors (Lipinski definition) is 2. The number of Topliss-reactive ketones (excluding diaryl/α,β-unsaturated/α-hetero) is 1. The fraction of sp³-hybridized carbons (Fsp3) is 0.364. The van der Waals surface area contributed by atoms with Crippen molar-refractivity contribution in [2.75, 3.05) is 23.8 Å². The van der Waals surface area contributed by atoms with Gasteiger partial charge in [-0.3, -0.25) is 4.79 Å². The smallest absolute Gasteiger partial charge is 0.163 e. The number of para-hydroxylation sites is 2. The molecule has 198 valence electrons. The van der Waals surface area contributed by atoms with Crippen LogP contribution in [0.3, 0.4) is 0 Å². The van der Waals surface area contributed by atoms with Gasteiger partial charge in [0.05, 0.1) is 30.6 Å². The van der Waals surface area contributed by atoms with E-state index in [-0.39, 0.29) is 23.2 Å². The van der Waals surface area contributed by atoms with Crippen LogP contribution in [0.4, 0.5) is 11.4 Å². The van der Waals surface area contributed by atoms with E-state index in [1.807, 2.05) is 44.2 Å². The molecule has 0 fully saturated rings. The Kier molecular flexibility index (Phi) is 7.20. The molecule has 0 amide bonds. The van der Waals surface area contributed by atoms with Crippen molar-refractivity contribution in [2.24, 2.45) is 0 Å². The number of allylic oxidation sites excluding steroid dienone is 1. The number of nitrogens with one attached hydrogen (secondary N) is 2. The summed E-state index contributed by atoms with van der Waals surface area (Å²) >= 11 is 0. The molecule has 2 unspecified atom stereocenters. The molecule has 0 radical (unpaired) electrons. The zero-order chi connectivity index (χ0) is 26.9. The first-order valence-electron chi connectivity index (χ1n) is 13.7. The Labute approximate surface area is 226 Å². The zero-order valence-electron chi connectivity index (χ0n) is 23.1. The van der Waals surface area contributed by atoms with E-state index in [9.17, 15) is 4.79 Å². The van der Waals surface area contributed by atoms with Crippen LogP contribution in [0, 0.1) is 0 Å². The molecule has 5 rings (SSSR count). The van der Waals surface area contributed by atoms with Crippen molar-refractivity contribution in [3.05, 3.63) is 94.7 Å². The first kappa shape index (κ1) is 25.9. The molecule has 0 bridgehead atoms. The summed E-state index contributed by atoms with van der Waals surface area (Å²) in [7, 11) is 0. The third-order valence-electron chi connectivity index (χ3n) is 7.46. The minimum Gasteiger partial charge on any atom is -0.490 e. The maximum absolute atomic E-state index is 13.9. The molecule has 3 aromatic rings. The van der Waals surface area contributed by atoms with E-state index in [2.05, 4.69) is 67.8 Å². The van der Waals surface area contributed by atoms with Gasteiger partial charge in [0.25, 0.3) is 0 Å². The maximum atomic E-state index is 13.9. The third kappa shape index (κ3) is 5.15. The van der Waals surface area contributed by atoms with Gasteiger partial charge in [-0.05, 0) is 72.6 Å². The van der Waals surface area contributed by atoms with Gasteiger partial charge >= 0.3 is 0 Å². The predicted molar refractivity (Wildman–Crippen MR) is 154 cm³/mol. The summed E-state index contributed by atoms with van der Waals surface area (Å²) in [5.74, 6) is 1.71. The molecule has 2 N–H and O–H groups in total. The van der Waals surface area contributed by atoms with E-state index < -0.39 is 0 Å². The summed E-state index contributed by atoms with van der Waals surface area (Å²) in [4.78, 5) is 13.9. The minimum atomic E-state index is -0.298. The molecule has 1 heterocycles. The van der Waals surface area contributed by atoms with Crippen LogP contribution in [-0.2, 0) is 10.2 Å². The lowest BCUT2D eigenvalue weighted by molar-refractivity contribution is -0.116. The molecule has 0 spiro atoms. The lowest BCUT2D eigenvalue weighted by Crippen LogP contribution is -2.27. The van der Waals surface area contributed by atoms with Crippen molar-refractivity contribution in [1.29, 1.82) is 0 Å². The van der Waals surface area contributed by atoms with E-state index in [1.165, 1.54) is 11.1 Å². The lowest BCUT2D eigenvalue weighted by Gasteiger charge is -2.30. The van der Waals surface area contributed by atoms with E-state index in [4.69, 9.17) is 9.47 Å². The quantitative estimate of drug-likeness (QED) is 0.355. The Hall–Kier alpha value is -3.73. The average Bonchev–Trinajstić information content (AvgIpc) is 3.06. The van der Waals surface area contributed by atoms with Crippen molar-refractivity contribution >= 4 is 17.2 Å². The number of ketones is 1. The first-order valence-corrected chi connectivity index (χ1v) is 13.7. The molecular formula is C33H38N2O3. The molecule has 2 atom stereocenters. The summed E-state index contributed by atoms with van der Waals surface area (Å²) in [6.07, 6.45) is 1.26. The molecule has 0 aromatic heterocycles. The number of fused-ring (bicyclic) bond motifs is 1. The van der Waals surface area contributed by atoms with Gasteiger partial charge in [-0.2, -0.15) is 0 Å². The van der Waals surface area contributed by atoms with E-state index in [1.54, 1.807) is 0 Å². The second kappa shape index (κ2) is 10.6. The third-order valence-corrected chi connectivity index (χ3v) is 7.46. The highest BCUT2D eigenvalue weighted by Crippen LogP contribution is 2.45. The highest BCUT2D eigenvalue weighted by Gasteiger charge is 2.36. The molecular weight excluding hydrogens is 472 g/mol. The Morgan fingerprint density at radius 1 is 0.816 bits per heavy atom. The van der Waals surface area contributed by atoms with Gasteiger partial charge in [-0.1, -0.05) is 63.2 Å². The number of anilines is 2. The minimum absolute atomic E-state index is 0.0973. The number of carbonyl (C=O) groups excluding carboxylic acids is 1. The highest BCUT2D eigenvalue weighted by atomic mass is 16.5. The maximum Gasteiger partial charge on any atom is 0.163 e. The van der Waals surface area contributed by atoms with Crippen LogP contribution in [0.25, 0.3) is 0 Å². The summed E-state index contributed by atoms with van der Waals surface area (Å²) in [5.41, 5.74) is 7.32. The number of benzene rings is 3. The molecule has 5 nitrogen and oxygen atoms in total. The Morgan fingerprint density at radius 2 is 1.47 bits per heavy atom. The first-order chi connectivity index (χ1) is 18.3. The van der Waals surface area contributed by atoms with Crippen molar-refractivity contribution in [3.63, 3.8) is 0 Å². The molecule has 38 heavy (non-hydrogen) atoms. The van der Waals surface area contributed by atoms with Gasteiger partial charge in [-0.25, -0.2) is 0 Å². The van der Waals surface area contributed by atoms with Gasteiger partial charge in [-0.15, -0.1) is 0 Å².